The smallest absolute Gasteiger partial charge is 0.257 e. The molecule has 2 rings (SSSR count). The zero-order valence-corrected chi connectivity index (χ0v) is 15.2. The summed E-state index contributed by atoms with van der Waals surface area (Å²) in [5.41, 5.74) is 1.94. The fourth-order valence-electron chi connectivity index (χ4n) is 2.22. The summed E-state index contributed by atoms with van der Waals surface area (Å²) >= 11 is 1.46. The minimum absolute atomic E-state index is 0.0849. The topological polar surface area (TPSA) is 54.9 Å². The summed E-state index contributed by atoms with van der Waals surface area (Å²) in [7, 11) is 0. The predicted molar refractivity (Wildman–Crippen MR) is 96.2 cm³/mol. The molecule has 0 aliphatic carbocycles. The van der Waals surface area contributed by atoms with Crippen LogP contribution in [0.5, 0.6) is 0 Å². The minimum Gasteiger partial charge on any atom is -0.296 e. The van der Waals surface area contributed by atoms with Gasteiger partial charge < -0.3 is 0 Å². The van der Waals surface area contributed by atoms with Crippen LogP contribution in [0.2, 0.25) is 0 Å². The van der Waals surface area contributed by atoms with Crippen molar-refractivity contribution in [1.82, 2.24) is 10.2 Å². The second-order valence-corrected chi connectivity index (χ2v) is 7.80. The molecule has 0 bridgehead atoms. The lowest BCUT2D eigenvalue weighted by Gasteiger charge is -2.18. The molecule has 0 saturated heterocycles. The molecule has 1 heterocycles. The van der Waals surface area contributed by atoms with Crippen molar-refractivity contribution >= 4 is 22.4 Å². The SMILES string of the molecule is CCCCCc1nnc(NC(=O)c2ccc(C(C)(C)C)cc2)s1. The molecule has 0 radical (unpaired) electrons. The maximum Gasteiger partial charge on any atom is 0.257 e. The van der Waals surface area contributed by atoms with Gasteiger partial charge in [0, 0.05) is 12.0 Å². The Kier molecular flexibility index (Phi) is 5.88. The number of hydrogen-bond acceptors (Lipinski definition) is 4. The van der Waals surface area contributed by atoms with Crippen LogP contribution in [0.15, 0.2) is 24.3 Å². The van der Waals surface area contributed by atoms with Crippen molar-refractivity contribution in [1.29, 1.82) is 0 Å². The van der Waals surface area contributed by atoms with E-state index in [4.69, 9.17) is 0 Å². The molecule has 0 aliphatic rings. The minimum atomic E-state index is -0.137. The van der Waals surface area contributed by atoms with Crippen LogP contribution in [0.25, 0.3) is 0 Å². The first kappa shape index (κ1) is 17.6. The van der Waals surface area contributed by atoms with Crippen LogP contribution in [-0.4, -0.2) is 16.1 Å². The molecule has 0 aliphatic heterocycles. The van der Waals surface area contributed by atoms with Gasteiger partial charge in [0.2, 0.25) is 5.13 Å². The van der Waals surface area contributed by atoms with E-state index < -0.39 is 0 Å². The maximum atomic E-state index is 12.3. The fourth-order valence-corrected chi connectivity index (χ4v) is 3.00. The molecule has 0 unspecified atom stereocenters. The number of aromatic nitrogens is 2. The number of unbranched alkanes of at least 4 members (excludes halogenated alkanes) is 2. The zero-order chi connectivity index (χ0) is 16.9. The van der Waals surface area contributed by atoms with Gasteiger partial charge in [0.25, 0.3) is 5.91 Å². The molecular weight excluding hydrogens is 306 g/mol. The number of carbonyl (C=O) groups is 1. The standard InChI is InChI=1S/C18H25N3OS/c1-5-6-7-8-15-20-21-17(23-15)19-16(22)13-9-11-14(12-10-13)18(2,3)4/h9-12H,5-8H2,1-4H3,(H,19,21,22). The van der Waals surface area contributed by atoms with Gasteiger partial charge in [-0.3, -0.25) is 10.1 Å². The van der Waals surface area contributed by atoms with E-state index in [2.05, 4.69) is 43.2 Å². The highest BCUT2D eigenvalue weighted by atomic mass is 32.1. The molecule has 0 saturated carbocycles. The Hall–Kier alpha value is -1.75. The summed E-state index contributed by atoms with van der Waals surface area (Å²) < 4.78 is 0. The van der Waals surface area contributed by atoms with E-state index in [-0.39, 0.29) is 11.3 Å². The normalized spacial score (nSPS) is 11.5. The Morgan fingerprint density at radius 2 is 1.83 bits per heavy atom. The number of nitrogens with one attached hydrogen (secondary N) is 1. The van der Waals surface area contributed by atoms with Crippen LogP contribution in [-0.2, 0) is 11.8 Å². The van der Waals surface area contributed by atoms with E-state index in [1.165, 1.54) is 29.7 Å². The van der Waals surface area contributed by atoms with Gasteiger partial charge in [0.15, 0.2) is 0 Å². The Morgan fingerprint density at radius 1 is 1.13 bits per heavy atom. The Bertz CT molecular complexity index is 641. The Labute approximate surface area is 142 Å². The molecule has 4 nitrogen and oxygen atoms in total. The van der Waals surface area contributed by atoms with Crippen LogP contribution in [0.1, 0.15) is 67.9 Å². The average Bonchev–Trinajstić information content (AvgIpc) is 2.94. The number of nitrogens with zero attached hydrogens (tertiary/aromatic N) is 2. The van der Waals surface area contributed by atoms with Gasteiger partial charge in [-0.25, -0.2) is 0 Å². The van der Waals surface area contributed by atoms with E-state index >= 15 is 0 Å². The highest BCUT2D eigenvalue weighted by molar-refractivity contribution is 7.15. The lowest BCUT2D eigenvalue weighted by molar-refractivity contribution is 0.102. The summed E-state index contributed by atoms with van der Waals surface area (Å²) in [5, 5.41) is 12.6. The van der Waals surface area contributed by atoms with Gasteiger partial charge in [0.05, 0.1) is 0 Å². The van der Waals surface area contributed by atoms with Crippen molar-refractivity contribution in [2.24, 2.45) is 0 Å². The first-order valence-electron chi connectivity index (χ1n) is 8.14. The molecule has 5 heteroatoms. The highest BCUT2D eigenvalue weighted by Gasteiger charge is 2.15. The number of rotatable bonds is 6. The van der Waals surface area contributed by atoms with Crippen LogP contribution >= 0.6 is 11.3 Å². The summed E-state index contributed by atoms with van der Waals surface area (Å²) in [6.07, 6.45) is 4.43. The van der Waals surface area contributed by atoms with Crippen molar-refractivity contribution in [2.75, 3.05) is 5.32 Å². The average molecular weight is 331 g/mol. The number of hydrogen-bond donors (Lipinski definition) is 1. The summed E-state index contributed by atoms with van der Waals surface area (Å²) in [6, 6.07) is 7.73. The summed E-state index contributed by atoms with van der Waals surface area (Å²) in [4.78, 5) is 12.3. The lowest BCUT2D eigenvalue weighted by Crippen LogP contribution is -2.14. The summed E-state index contributed by atoms with van der Waals surface area (Å²) in [6.45, 7) is 8.65. The molecule has 1 N–H and O–H groups in total. The largest absolute Gasteiger partial charge is 0.296 e. The van der Waals surface area contributed by atoms with Gasteiger partial charge in [-0.15, -0.1) is 10.2 Å². The number of benzene rings is 1. The number of carbonyl (C=O) groups excluding carboxylic acids is 1. The maximum absolute atomic E-state index is 12.3. The summed E-state index contributed by atoms with van der Waals surface area (Å²) in [5.74, 6) is -0.137. The lowest BCUT2D eigenvalue weighted by atomic mass is 9.87. The first-order chi connectivity index (χ1) is 10.9. The zero-order valence-electron chi connectivity index (χ0n) is 14.3. The molecule has 23 heavy (non-hydrogen) atoms. The molecule has 0 fully saturated rings. The van der Waals surface area contributed by atoms with Crippen molar-refractivity contribution in [2.45, 2.75) is 58.8 Å². The third-order valence-electron chi connectivity index (χ3n) is 3.69. The molecular formula is C18H25N3OS. The van der Waals surface area contributed by atoms with Crippen LogP contribution in [0.3, 0.4) is 0 Å². The number of aryl methyl sites for hydroxylation is 1. The van der Waals surface area contributed by atoms with Crippen molar-refractivity contribution in [3.05, 3.63) is 40.4 Å². The van der Waals surface area contributed by atoms with Gasteiger partial charge in [0.1, 0.15) is 5.01 Å². The molecule has 124 valence electrons. The van der Waals surface area contributed by atoms with E-state index in [0.717, 1.165) is 17.8 Å². The molecule has 0 spiro atoms. The highest BCUT2D eigenvalue weighted by Crippen LogP contribution is 2.23. The second kappa shape index (κ2) is 7.68. The van der Waals surface area contributed by atoms with Crippen LogP contribution in [0.4, 0.5) is 5.13 Å². The van der Waals surface area contributed by atoms with Crippen molar-refractivity contribution in [3.63, 3.8) is 0 Å². The van der Waals surface area contributed by atoms with Gasteiger partial charge in [-0.05, 0) is 29.5 Å². The Balaban J connectivity index is 1.96. The van der Waals surface area contributed by atoms with Gasteiger partial charge >= 0.3 is 0 Å². The number of anilines is 1. The van der Waals surface area contributed by atoms with Crippen molar-refractivity contribution in [3.8, 4) is 0 Å². The van der Waals surface area contributed by atoms with E-state index in [9.17, 15) is 4.79 Å². The predicted octanol–water partition coefficient (Wildman–Crippen LogP) is 4.82. The fraction of sp³-hybridized carbons (Fsp3) is 0.500. The molecule has 2 aromatic rings. The first-order valence-corrected chi connectivity index (χ1v) is 8.96. The molecule has 1 amide bonds. The van der Waals surface area contributed by atoms with E-state index in [1.54, 1.807) is 0 Å². The van der Waals surface area contributed by atoms with Crippen LogP contribution in [0, 0.1) is 0 Å². The molecule has 1 aromatic carbocycles. The van der Waals surface area contributed by atoms with Gasteiger partial charge in [-0.1, -0.05) is 64.0 Å². The van der Waals surface area contributed by atoms with Gasteiger partial charge in [-0.2, -0.15) is 0 Å². The Morgan fingerprint density at radius 3 is 2.43 bits per heavy atom. The van der Waals surface area contributed by atoms with E-state index in [0.29, 0.717) is 10.7 Å². The molecule has 0 atom stereocenters. The third kappa shape index (κ3) is 5.13. The number of amides is 1. The van der Waals surface area contributed by atoms with Crippen LogP contribution < -0.4 is 5.32 Å². The molecule has 1 aromatic heterocycles. The monoisotopic (exact) mass is 331 g/mol. The van der Waals surface area contributed by atoms with Crippen molar-refractivity contribution < 1.29 is 4.79 Å². The second-order valence-electron chi connectivity index (χ2n) is 6.74. The quantitative estimate of drug-likeness (QED) is 0.772. The van der Waals surface area contributed by atoms with E-state index in [1.807, 2.05) is 24.3 Å². The third-order valence-corrected chi connectivity index (χ3v) is 4.59.